The first-order valence-electron chi connectivity index (χ1n) is 8.93. The summed E-state index contributed by atoms with van der Waals surface area (Å²) in [7, 11) is 3.22. The van der Waals surface area contributed by atoms with Gasteiger partial charge in [0, 0.05) is 17.1 Å². The van der Waals surface area contributed by atoms with E-state index < -0.39 is 0 Å². The predicted octanol–water partition coefficient (Wildman–Crippen LogP) is 4.65. The Bertz CT molecular complexity index is 938. The van der Waals surface area contributed by atoms with Gasteiger partial charge in [0.25, 0.3) is 0 Å². The zero-order valence-corrected chi connectivity index (χ0v) is 16.9. The Hall–Kier alpha value is -3.06. The van der Waals surface area contributed by atoms with Crippen LogP contribution in [0, 0.1) is 0 Å². The average molecular weight is 398 g/mol. The van der Waals surface area contributed by atoms with E-state index in [1.807, 2.05) is 47.8 Å². The lowest BCUT2D eigenvalue weighted by Crippen LogP contribution is -2.14. The molecule has 0 atom stereocenters. The van der Waals surface area contributed by atoms with Gasteiger partial charge in [-0.15, -0.1) is 11.3 Å². The van der Waals surface area contributed by atoms with Gasteiger partial charge in [-0.3, -0.25) is 4.79 Å². The number of carbonyl (C=O) groups excluding carboxylic acids is 1. The molecule has 0 spiro atoms. The van der Waals surface area contributed by atoms with Gasteiger partial charge in [-0.05, 0) is 36.2 Å². The molecule has 1 amide bonds. The molecule has 0 saturated carbocycles. The molecule has 0 saturated heterocycles. The topological polar surface area (TPSA) is 72.5 Å². The number of anilines is 3. The largest absolute Gasteiger partial charge is 0.497 e. The number of benzene rings is 2. The minimum absolute atomic E-state index is 0.0972. The maximum Gasteiger partial charge on any atom is 0.230 e. The summed E-state index contributed by atoms with van der Waals surface area (Å²) >= 11 is 1.43. The van der Waals surface area contributed by atoms with Crippen LogP contribution in [0.4, 0.5) is 16.5 Å². The van der Waals surface area contributed by atoms with E-state index in [1.165, 1.54) is 16.9 Å². The molecule has 28 heavy (non-hydrogen) atoms. The quantitative estimate of drug-likeness (QED) is 0.579. The Morgan fingerprint density at radius 1 is 1.11 bits per heavy atom. The number of hydrogen-bond donors (Lipinski definition) is 2. The number of ether oxygens (including phenoxy) is 2. The molecular weight excluding hydrogens is 374 g/mol. The Morgan fingerprint density at radius 3 is 2.57 bits per heavy atom. The van der Waals surface area contributed by atoms with Crippen molar-refractivity contribution in [3.63, 3.8) is 0 Å². The van der Waals surface area contributed by atoms with E-state index in [1.54, 1.807) is 14.2 Å². The highest BCUT2D eigenvalue weighted by Crippen LogP contribution is 2.32. The first-order chi connectivity index (χ1) is 13.6. The molecule has 0 aliphatic carbocycles. The number of nitrogens with zero attached hydrogens (tertiary/aromatic N) is 1. The molecule has 1 heterocycles. The summed E-state index contributed by atoms with van der Waals surface area (Å²) in [6.07, 6.45) is 1.18. The molecule has 3 aromatic rings. The van der Waals surface area contributed by atoms with E-state index in [0.717, 1.165) is 17.8 Å². The zero-order chi connectivity index (χ0) is 19.9. The minimum Gasteiger partial charge on any atom is -0.497 e. The van der Waals surface area contributed by atoms with E-state index in [-0.39, 0.29) is 12.3 Å². The van der Waals surface area contributed by atoms with Crippen LogP contribution >= 0.6 is 11.3 Å². The summed E-state index contributed by atoms with van der Waals surface area (Å²) in [4.78, 5) is 16.8. The van der Waals surface area contributed by atoms with Gasteiger partial charge in [0.05, 0.1) is 32.0 Å². The van der Waals surface area contributed by atoms with Gasteiger partial charge in [0.15, 0.2) is 5.13 Å². The highest BCUT2D eigenvalue weighted by molar-refractivity contribution is 7.13. The van der Waals surface area contributed by atoms with Crippen LogP contribution < -0.4 is 20.1 Å². The molecule has 1 aromatic heterocycles. The van der Waals surface area contributed by atoms with Crippen molar-refractivity contribution < 1.29 is 14.3 Å². The molecule has 0 aliphatic rings. The average Bonchev–Trinajstić information content (AvgIpc) is 3.15. The number of carbonyl (C=O) groups is 1. The first-order valence-corrected chi connectivity index (χ1v) is 9.81. The van der Waals surface area contributed by atoms with E-state index in [0.29, 0.717) is 22.3 Å². The maximum absolute atomic E-state index is 12.3. The summed E-state index contributed by atoms with van der Waals surface area (Å²) in [5, 5.41) is 8.68. The number of nitrogens with one attached hydrogen (secondary N) is 2. The fourth-order valence-corrected chi connectivity index (χ4v) is 3.39. The third-order valence-electron chi connectivity index (χ3n) is 4.19. The Labute approximate surface area is 168 Å². The molecule has 0 aliphatic heterocycles. The van der Waals surface area contributed by atoms with E-state index in [4.69, 9.17) is 9.47 Å². The number of aromatic nitrogens is 1. The molecule has 0 fully saturated rings. The molecular formula is C21H23N3O3S. The number of rotatable bonds is 8. The summed E-state index contributed by atoms with van der Waals surface area (Å²) < 4.78 is 10.6. The fourth-order valence-electron chi connectivity index (χ4n) is 2.67. The first kappa shape index (κ1) is 19.7. The second-order valence-electron chi connectivity index (χ2n) is 6.11. The Kier molecular flexibility index (Phi) is 6.49. The van der Waals surface area contributed by atoms with Crippen LogP contribution in [-0.2, 0) is 17.6 Å². The summed E-state index contributed by atoms with van der Waals surface area (Å²) in [5.74, 6) is 1.31. The Morgan fingerprint density at radius 2 is 1.89 bits per heavy atom. The summed E-state index contributed by atoms with van der Waals surface area (Å²) in [6.45, 7) is 2.10. The number of methoxy groups -OCH3 is 2. The van der Waals surface area contributed by atoms with Gasteiger partial charge in [0.2, 0.25) is 5.91 Å². The molecule has 3 rings (SSSR count). The van der Waals surface area contributed by atoms with Crippen molar-refractivity contribution in [3.8, 4) is 11.5 Å². The molecule has 2 N–H and O–H groups in total. The number of amides is 1. The van der Waals surface area contributed by atoms with Crippen LogP contribution in [0.15, 0.2) is 47.8 Å². The number of hydrogen-bond acceptors (Lipinski definition) is 6. The van der Waals surface area contributed by atoms with Gasteiger partial charge < -0.3 is 20.1 Å². The maximum atomic E-state index is 12.3. The van der Waals surface area contributed by atoms with E-state index in [2.05, 4.69) is 22.5 Å². The number of thiazole rings is 1. The van der Waals surface area contributed by atoms with Crippen LogP contribution in [-0.4, -0.2) is 25.1 Å². The standard InChI is InChI=1S/C21H23N3O3S/c1-4-14-5-7-15(8-6-14)22-20(25)11-16-13-28-21(23-16)24-18-12-17(26-2)9-10-19(18)27-3/h5-10,12-13H,4,11H2,1-3H3,(H,22,25)(H,23,24). The summed E-state index contributed by atoms with van der Waals surface area (Å²) in [5.41, 5.74) is 3.48. The lowest BCUT2D eigenvalue weighted by Gasteiger charge is -2.10. The smallest absolute Gasteiger partial charge is 0.230 e. The van der Waals surface area contributed by atoms with Gasteiger partial charge in [-0.25, -0.2) is 4.98 Å². The monoisotopic (exact) mass is 397 g/mol. The van der Waals surface area contributed by atoms with Crippen LogP contribution in [0.1, 0.15) is 18.2 Å². The van der Waals surface area contributed by atoms with Crippen molar-refractivity contribution in [2.75, 3.05) is 24.9 Å². The van der Waals surface area contributed by atoms with Crippen molar-refractivity contribution in [3.05, 3.63) is 59.1 Å². The van der Waals surface area contributed by atoms with Crippen molar-refractivity contribution in [2.45, 2.75) is 19.8 Å². The minimum atomic E-state index is -0.0972. The van der Waals surface area contributed by atoms with Crippen molar-refractivity contribution in [1.29, 1.82) is 0 Å². The number of aryl methyl sites for hydroxylation is 1. The fraction of sp³-hybridized carbons (Fsp3) is 0.238. The van der Waals surface area contributed by atoms with Gasteiger partial charge >= 0.3 is 0 Å². The molecule has 6 nitrogen and oxygen atoms in total. The SMILES string of the molecule is CCc1ccc(NC(=O)Cc2csc(Nc3cc(OC)ccc3OC)n2)cc1. The summed E-state index contributed by atoms with van der Waals surface area (Å²) in [6, 6.07) is 13.4. The Balaban J connectivity index is 1.63. The third-order valence-corrected chi connectivity index (χ3v) is 4.99. The van der Waals surface area contributed by atoms with Crippen molar-refractivity contribution >= 4 is 33.8 Å². The van der Waals surface area contributed by atoms with Crippen LogP contribution in [0.3, 0.4) is 0 Å². The highest BCUT2D eigenvalue weighted by atomic mass is 32.1. The van der Waals surface area contributed by atoms with Gasteiger partial charge in [0.1, 0.15) is 11.5 Å². The third kappa shape index (κ3) is 5.01. The lowest BCUT2D eigenvalue weighted by atomic mass is 10.1. The molecule has 0 unspecified atom stereocenters. The van der Waals surface area contributed by atoms with Crippen LogP contribution in [0.2, 0.25) is 0 Å². The zero-order valence-electron chi connectivity index (χ0n) is 16.1. The van der Waals surface area contributed by atoms with Crippen molar-refractivity contribution in [1.82, 2.24) is 4.98 Å². The van der Waals surface area contributed by atoms with Crippen LogP contribution in [0.5, 0.6) is 11.5 Å². The molecule has 2 aromatic carbocycles. The molecule has 146 valence electrons. The van der Waals surface area contributed by atoms with Crippen molar-refractivity contribution in [2.24, 2.45) is 0 Å². The van der Waals surface area contributed by atoms with Gasteiger partial charge in [-0.1, -0.05) is 19.1 Å². The van der Waals surface area contributed by atoms with E-state index in [9.17, 15) is 4.79 Å². The second kappa shape index (κ2) is 9.23. The highest BCUT2D eigenvalue weighted by Gasteiger charge is 2.11. The molecule has 0 radical (unpaired) electrons. The van der Waals surface area contributed by atoms with E-state index >= 15 is 0 Å². The van der Waals surface area contributed by atoms with Crippen LogP contribution in [0.25, 0.3) is 0 Å². The molecule has 7 heteroatoms. The predicted molar refractivity (Wildman–Crippen MR) is 113 cm³/mol. The molecule has 0 bridgehead atoms. The second-order valence-corrected chi connectivity index (χ2v) is 6.97. The lowest BCUT2D eigenvalue weighted by molar-refractivity contribution is -0.115. The van der Waals surface area contributed by atoms with Gasteiger partial charge in [-0.2, -0.15) is 0 Å². The normalized spacial score (nSPS) is 10.4.